The van der Waals surface area contributed by atoms with Gasteiger partial charge in [0.1, 0.15) is 5.41 Å². The highest BCUT2D eigenvalue weighted by molar-refractivity contribution is 6.33. The molecule has 0 spiro atoms. The maximum absolute atomic E-state index is 14.5. The Labute approximate surface area is 207 Å². The summed E-state index contributed by atoms with van der Waals surface area (Å²) in [6, 6.07) is 33.9. The molecule has 34 heavy (non-hydrogen) atoms. The second-order valence-corrected chi connectivity index (χ2v) is 9.62. The number of hydrogen-bond acceptors (Lipinski definition) is 2. The summed E-state index contributed by atoms with van der Waals surface area (Å²) in [6.07, 6.45) is 0. The molecular weight excluding hydrogens is 465 g/mol. The van der Waals surface area contributed by atoms with Gasteiger partial charge in [0.25, 0.3) is 0 Å². The van der Waals surface area contributed by atoms with Crippen LogP contribution in [0.4, 0.5) is 5.69 Å². The highest BCUT2D eigenvalue weighted by Crippen LogP contribution is 2.77. The van der Waals surface area contributed by atoms with E-state index in [2.05, 4.69) is 0 Å². The van der Waals surface area contributed by atoms with Crippen molar-refractivity contribution in [2.24, 2.45) is 5.92 Å². The molecule has 0 bridgehead atoms. The number of fused-ring (bicyclic) bond motifs is 1. The number of carbonyl (C=O) groups is 2. The van der Waals surface area contributed by atoms with Crippen molar-refractivity contribution in [2.75, 3.05) is 4.90 Å². The molecule has 0 unspecified atom stereocenters. The van der Waals surface area contributed by atoms with E-state index in [1.54, 1.807) is 36.4 Å². The molecule has 0 radical (unpaired) electrons. The molecule has 6 rings (SSSR count). The van der Waals surface area contributed by atoms with E-state index < -0.39 is 16.7 Å². The monoisotopic (exact) mass is 483 g/mol. The molecule has 2 amide bonds. The van der Waals surface area contributed by atoms with E-state index in [-0.39, 0.29) is 11.8 Å². The van der Waals surface area contributed by atoms with Crippen molar-refractivity contribution in [1.82, 2.24) is 0 Å². The summed E-state index contributed by atoms with van der Waals surface area (Å²) in [5, 5.41) is 1.12. The third-order valence-corrected chi connectivity index (χ3v) is 7.76. The van der Waals surface area contributed by atoms with Crippen LogP contribution in [0.25, 0.3) is 0 Å². The standard InChI is InChI=1S/C29H19Cl2NO2/c30-22-13-11-21(12-14-22)29-25(26(33)32(27(29)34)24-17-15-23(31)16-18-24)28(29,19-7-3-1-4-8-19)20-9-5-2-6-10-20/h1-18,25H/t25-,29+/m0/s1. The number of nitrogens with zero attached hydrogens (tertiary/aromatic N) is 1. The van der Waals surface area contributed by atoms with Crippen molar-refractivity contribution in [3.8, 4) is 0 Å². The highest BCUT2D eigenvalue weighted by Gasteiger charge is 2.89. The Bertz CT molecular complexity index is 1360. The van der Waals surface area contributed by atoms with Gasteiger partial charge in [0.05, 0.1) is 17.0 Å². The minimum absolute atomic E-state index is 0.213. The molecule has 2 fully saturated rings. The Hall–Kier alpha value is -3.40. The van der Waals surface area contributed by atoms with Gasteiger partial charge in [-0.1, -0.05) is 96.0 Å². The molecule has 166 valence electrons. The molecule has 2 aliphatic rings. The first-order valence-electron chi connectivity index (χ1n) is 11.0. The van der Waals surface area contributed by atoms with Crippen LogP contribution in [-0.4, -0.2) is 11.8 Å². The number of rotatable bonds is 4. The van der Waals surface area contributed by atoms with Crippen LogP contribution in [0.2, 0.25) is 10.0 Å². The number of anilines is 1. The van der Waals surface area contributed by atoms with Gasteiger partial charge < -0.3 is 0 Å². The highest BCUT2D eigenvalue weighted by atomic mass is 35.5. The summed E-state index contributed by atoms with van der Waals surface area (Å²) in [6.45, 7) is 0. The predicted molar refractivity (Wildman–Crippen MR) is 134 cm³/mol. The quantitative estimate of drug-likeness (QED) is 0.314. The second kappa shape index (κ2) is 7.56. The van der Waals surface area contributed by atoms with E-state index in [0.29, 0.717) is 15.7 Å². The summed E-state index contributed by atoms with van der Waals surface area (Å²) >= 11 is 12.3. The molecule has 1 heterocycles. The molecule has 1 saturated carbocycles. The third kappa shape index (κ3) is 2.60. The zero-order valence-electron chi connectivity index (χ0n) is 18.0. The summed E-state index contributed by atoms with van der Waals surface area (Å²) < 4.78 is 0. The Balaban J connectivity index is 1.64. The maximum atomic E-state index is 14.5. The number of halogens is 2. The molecule has 0 aromatic heterocycles. The first-order chi connectivity index (χ1) is 16.5. The zero-order valence-corrected chi connectivity index (χ0v) is 19.5. The van der Waals surface area contributed by atoms with Gasteiger partial charge in [0.2, 0.25) is 11.8 Å². The smallest absolute Gasteiger partial charge is 0.246 e. The number of imide groups is 1. The van der Waals surface area contributed by atoms with Gasteiger partial charge in [-0.3, -0.25) is 9.59 Å². The van der Waals surface area contributed by atoms with Gasteiger partial charge in [-0.25, -0.2) is 4.90 Å². The lowest BCUT2D eigenvalue weighted by atomic mass is 9.76. The van der Waals surface area contributed by atoms with Gasteiger partial charge in [-0.15, -0.1) is 0 Å². The Morgan fingerprint density at radius 2 is 1.00 bits per heavy atom. The van der Waals surface area contributed by atoms with E-state index in [0.717, 1.165) is 16.7 Å². The number of carbonyl (C=O) groups excluding carboxylic acids is 2. The van der Waals surface area contributed by atoms with E-state index in [1.165, 1.54) is 4.90 Å². The molecule has 4 aromatic carbocycles. The summed E-state index contributed by atoms with van der Waals surface area (Å²) in [7, 11) is 0. The van der Waals surface area contributed by atoms with E-state index in [4.69, 9.17) is 23.2 Å². The predicted octanol–water partition coefficient (Wildman–Crippen LogP) is 6.42. The Morgan fingerprint density at radius 3 is 1.50 bits per heavy atom. The van der Waals surface area contributed by atoms with Crippen molar-refractivity contribution in [3.63, 3.8) is 0 Å². The first-order valence-corrected chi connectivity index (χ1v) is 11.8. The van der Waals surface area contributed by atoms with Gasteiger partial charge in [0.15, 0.2) is 0 Å². The Morgan fingerprint density at radius 1 is 0.559 bits per heavy atom. The first kappa shape index (κ1) is 21.2. The van der Waals surface area contributed by atoms with E-state index >= 15 is 0 Å². The average molecular weight is 484 g/mol. The lowest BCUT2D eigenvalue weighted by Gasteiger charge is -2.31. The van der Waals surface area contributed by atoms with Crippen molar-refractivity contribution in [1.29, 1.82) is 0 Å². The van der Waals surface area contributed by atoms with Crippen molar-refractivity contribution < 1.29 is 9.59 Å². The Kier molecular flexibility index (Phi) is 4.70. The van der Waals surface area contributed by atoms with Crippen LogP contribution in [0.3, 0.4) is 0 Å². The fraction of sp³-hybridized carbons (Fsp3) is 0.103. The fourth-order valence-electron chi connectivity index (χ4n) is 5.97. The lowest BCUT2D eigenvalue weighted by molar-refractivity contribution is -0.124. The lowest BCUT2D eigenvalue weighted by Crippen LogP contribution is -2.44. The fourth-order valence-corrected chi connectivity index (χ4v) is 6.22. The number of piperidine rings is 1. The molecule has 4 aromatic rings. The van der Waals surface area contributed by atoms with E-state index in [9.17, 15) is 9.59 Å². The van der Waals surface area contributed by atoms with Crippen LogP contribution >= 0.6 is 23.2 Å². The second-order valence-electron chi connectivity index (χ2n) is 8.74. The van der Waals surface area contributed by atoms with Crippen LogP contribution in [0.1, 0.15) is 16.7 Å². The maximum Gasteiger partial charge on any atom is 0.246 e. The number of amides is 2. The molecule has 3 nitrogen and oxygen atoms in total. The minimum atomic E-state index is -1.09. The van der Waals surface area contributed by atoms with Gasteiger partial charge in [-0.05, 0) is 53.1 Å². The van der Waals surface area contributed by atoms with Crippen molar-refractivity contribution in [3.05, 3.63) is 136 Å². The van der Waals surface area contributed by atoms with Crippen LogP contribution < -0.4 is 4.90 Å². The van der Waals surface area contributed by atoms with Crippen LogP contribution in [0, 0.1) is 5.92 Å². The molecule has 1 saturated heterocycles. The number of benzene rings is 4. The van der Waals surface area contributed by atoms with Gasteiger partial charge in [-0.2, -0.15) is 0 Å². The topological polar surface area (TPSA) is 37.4 Å². The molecule has 2 atom stereocenters. The van der Waals surface area contributed by atoms with Crippen LogP contribution in [0.5, 0.6) is 0 Å². The molecule has 1 aliphatic heterocycles. The van der Waals surface area contributed by atoms with Crippen molar-refractivity contribution in [2.45, 2.75) is 10.8 Å². The van der Waals surface area contributed by atoms with Crippen molar-refractivity contribution >= 4 is 40.7 Å². The third-order valence-electron chi connectivity index (χ3n) is 7.26. The molecule has 5 heteroatoms. The van der Waals surface area contributed by atoms with Crippen LogP contribution in [0.15, 0.2) is 109 Å². The largest absolute Gasteiger partial charge is 0.274 e. The summed E-state index contributed by atoms with van der Waals surface area (Å²) in [5.41, 5.74) is 1.29. The molecular formula is C29H19Cl2NO2. The minimum Gasteiger partial charge on any atom is -0.274 e. The zero-order chi connectivity index (χ0) is 23.5. The van der Waals surface area contributed by atoms with E-state index in [1.807, 2.05) is 72.8 Å². The SMILES string of the molecule is O=C1[C@H]2C(c3ccccc3)(c3ccccc3)[C@@]2(c2ccc(Cl)cc2)C(=O)N1c1ccc(Cl)cc1. The summed E-state index contributed by atoms with van der Waals surface area (Å²) in [5.74, 6) is -1.04. The van der Waals surface area contributed by atoms with Gasteiger partial charge >= 0.3 is 0 Å². The molecule has 0 N–H and O–H groups in total. The van der Waals surface area contributed by atoms with Gasteiger partial charge in [0, 0.05) is 10.0 Å². The average Bonchev–Trinajstić information content (AvgIpc) is 3.46. The van der Waals surface area contributed by atoms with Crippen LogP contribution in [-0.2, 0) is 20.4 Å². The molecule has 1 aliphatic carbocycles. The normalized spacial score (nSPS) is 22.5. The number of hydrogen-bond donors (Lipinski definition) is 0. The summed E-state index contributed by atoms with van der Waals surface area (Å²) in [4.78, 5) is 29.9.